The maximum Gasteiger partial charge on any atom is 0.254 e. The van der Waals surface area contributed by atoms with Gasteiger partial charge in [-0.25, -0.2) is 21.9 Å². The number of nitrogens with one attached hydrogen (secondary N) is 2. The minimum Gasteiger partial charge on any atom is -0.390 e. The molecule has 3 aromatic carbocycles. The number of carbonyl (C=O) groups excluding carboxylic acids is 1. The molecular weight excluding hydrogens is 538 g/mol. The van der Waals surface area contributed by atoms with Crippen LogP contribution in [-0.4, -0.2) is 63.2 Å². The van der Waals surface area contributed by atoms with Gasteiger partial charge in [-0.05, 0) is 66.9 Å². The molecule has 0 fully saturated rings. The van der Waals surface area contributed by atoms with Gasteiger partial charge in [0.2, 0.25) is 10.0 Å². The van der Waals surface area contributed by atoms with E-state index in [0.29, 0.717) is 6.54 Å². The SMILES string of the molecule is CCc1cccc(CN(C[C@@H](O)[C@@H](N)Cc2cc(F)cc(F)c2)C(=O)c2cccc(S(=O)(=O)NCCNC)c2)c1. The fraction of sp³-hybridized carbons (Fsp3) is 0.345. The number of likely N-dealkylation sites (N-methyl/N-ethyl adjacent to an activating group) is 1. The molecule has 0 spiro atoms. The zero-order chi connectivity index (χ0) is 29.3. The Hall–Kier alpha value is -3.22. The quantitative estimate of drug-likeness (QED) is 0.220. The van der Waals surface area contributed by atoms with Crippen molar-refractivity contribution in [2.75, 3.05) is 26.7 Å². The lowest BCUT2D eigenvalue weighted by Crippen LogP contribution is -2.46. The van der Waals surface area contributed by atoms with Gasteiger partial charge in [-0.3, -0.25) is 4.79 Å². The summed E-state index contributed by atoms with van der Waals surface area (Å²) in [6.07, 6.45) is -0.463. The number of hydrogen-bond donors (Lipinski definition) is 4. The van der Waals surface area contributed by atoms with E-state index in [2.05, 4.69) is 10.0 Å². The number of sulfonamides is 1. The van der Waals surface area contributed by atoms with Crippen molar-refractivity contribution in [2.45, 2.75) is 43.4 Å². The summed E-state index contributed by atoms with van der Waals surface area (Å²) in [4.78, 5) is 15.0. The largest absolute Gasteiger partial charge is 0.390 e. The van der Waals surface area contributed by atoms with Crippen molar-refractivity contribution in [1.82, 2.24) is 14.9 Å². The molecule has 11 heteroatoms. The van der Waals surface area contributed by atoms with Crippen molar-refractivity contribution >= 4 is 15.9 Å². The first-order valence-corrected chi connectivity index (χ1v) is 14.5. The topological polar surface area (TPSA) is 125 Å². The highest BCUT2D eigenvalue weighted by Gasteiger charge is 2.25. The third-order valence-corrected chi connectivity index (χ3v) is 7.87. The maximum atomic E-state index is 13.7. The molecule has 0 bridgehead atoms. The van der Waals surface area contributed by atoms with Crippen molar-refractivity contribution in [3.05, 3.63) is 101 Å². The molecule has 0 aromatic heterocycles. The number of aliphatic hydroxyl groups is 1. The van der Waals surface area contributed by atoms with Gasteiger partial charge in [0.05, 0.1) is 11.0 Å². The van der Waals surface area contributed by atoms with Crippen LogP contribution >= 0.6 is 0 Å². The Morgan fingerprint density at radius 1 is 0.975 bits per heavy atom. The van der Waals surface area contributed by atoms with Crippen LogP contribution in [0.15, 0.2) is 71.6 Å². The number of benzene rings is 3. The monoisotopic (exact) mass is 574 g/mol. The van der Waals surface area contributed by atoms with Crippen molar-refractivity contribution in [3.63, 3.8) is 0 Å². The van der Waals surface area contributed by atoms with Crippen molar-refractivity contribution in [3.8, 4) is 0 Å². The summed E-state index contributed by atoms with van der Waals surface area (Å²) in [7, 11) is -2.15. The Bertz CT molecular complexity index is 1380. The van der Waals surface area contributed by atoms with E-state index in [1.807, 2.05) is 31.2 Å². The van der Waals surface area contributed by atoms with E-state index < -0.39 is 39.7 Å². The number of hydrogen-bond acceptors (Lipinski definition) is 6. The predicted molar refractivity (Wildman–Crippen MR) is 150 cm³/mol. The Kier molecular flexibility index (Phi) is 11.3. The van der Waals surface area contributed by atoms with Crippen LogP contribution in [0.3, 0.4) is 0 Å². The van der Waals surface area contributed by atoms with Gasteiger partial charge >= 0.3 is 0 Å². The summed E-state index contributed by atoms with van der Waals surface area (Å²) in [6, 6.07) is 15.4. The fourth-order valence-corrected chi connectivity index (χ4v) is 5.34. The Balaban J connectivity index is 1.86. The van der Waals surface area contributed by atoms with E-state index in [9.17, 15) is 27.1 Å². The van der Waals surface area contributed by atoms with Gasteiger partial charge in [0, 0.05) is 43.9 Å². The second kappa shape index (κ2) is 14.4. The minimum atomic E-state index is -3.85. The number of amides is 1. The number of aliphatic hydroxyl groups excluding tert-OH is 1. The molecular formula is C29H36F2N4O4S. The van der Waals surface area contributed by atoms with E-state index >= 15 is 0 Å². The zero-order valence-corrected chi connectivity index (χ0v) is 23.4. The molecule has 2 atom stereocenters. The van der Waals surface area contributed by atoms with Crippen LogP contribution in [-0.2, 0) is 29.4 Å². The van der Waals surface area contributed by atoms with Crippen LogP contribution in [0.2, 0.25) is 0 Å². The second-order valence-corrected chi connectivity index (χ2v) is 11.4. The number of nitrogens with two attached hydrogens (primary N) is 1. The van der Waals surface area contributed by atoms with Crippen molar-refractivity contribution in [2.24, 2.45) is 5.73 Å². The second-order valence-electron chi connectivity index (χ2n) is 9.60. The molecule has 8 nitrogen and oxygen atoms in total. The summed E-state index contributed by atoms with van der Waals surface area (Å²) in [5.74, 6) is -2.00. The molecule has 3 rings (SSSR count). The van der Waals surface area contributed by atoms with Gasteiger partial charge in [-0.2, -0.15) is 0 Å². The highest BCUT2D eigenvalue weighted by atomic mass is 32.2. The normalized spacial score (nSPS) is 13.2. The van der Waals surface area contributed by atoms with E-state index in [1.165, 1.54) is 29.2 Å². The number of halogens is 2. The molecule has 0 saturated carbocycles. The summed E-state index contributed by atoms with van der Waals surface area (Å²) in [5.41, 5.74) is 8.47. The molecule has 0 aliphatic carbocycles. The van der Waals surface area contributed by atoms with E-state index in [1.54, 1.807) is 7.05 Å². The molecule has 0 aliphatic rings. The van der Waals surface area contributed by atoms with E-state index in [-0.39, 0.29) is 42.1 Å². The van der Waals surface area contributed by atoms with Gasteiger partial charge in [-0.1, -0.05) is 37.3 Å². The van der Waals surface area contributed by atoms with E-state index in [0.717, 1.165) is 35.7 Å². The zero-order valence-electron chi connectivity index (χ0n) is 22.6. The fourth-order valence-electron chi connectivity index (χ4n) is 4.26. The minimum absolute atomic E-state index is 0.0186. The number of aryl methyl sites for hydroxylation is 1. The van der Waals surface area contributed by atoms with Crippen LogP contribution in [0.4, 0.5) is 8.78 Å². The summed E-state index contributed by atoms with van der Waals surface area (Å²) >= 11 is 0. The molecule has 5 N–H and O–H groups in total. The Morgan fingerprint density at radius 2 is 1.65 bits per heavy atom. The highest BCUT2D eigenvalue weighted by molar-refractivity contribution is 7.89. The smallest absolute Gasteiger partial charge is 0.254 e. The maximum absolute atomic E-state index is 13.7. The third kappa shape index (κ3) is 8.90. The van der Waals surface area contributed by atoms with Crippen LogP contribution in [0.25, 0.3) is 0 Å². The number of carbonyl (C=O) groups is 1. The third-order valence-electron chi connectivity index (χ3n) is 6.41. The average Bonchev–Trinajstić information content (AvgIpc) is 2.92. The molecule has 216 valence electrons. The molecule has 0 unspecified atom stereocenters. The van der Waals surface area contributed by atoms with Crippen LogP contribution in [0, 0.1) is 11.6 Å². The van der Waals surface area contributed by atoms with E-state index in [4.69, 9.17) is 5.73 Å². The standard InChI is InChI=1S/C29H36F2N4O4S/c1-3-20-6-4-7-21(12-20)18-35(19-28(36)27(32)15-22-13-24(30)17-25(31)14-22)29(37)23-8-5-9-26(16-23)40(38,39)34-11-10-33-2/h4-9,12-14,16-17,27-28,33-34,36H,3,10-11,15,18-19,32H2,1-2H3/t27-,28+/m0/s1. The van der Waals surface area contributed by atoms with Crippen molar-refractivity contribution < 1.29 is 27.1 Å². The summed E-state index contributed by atoms with van der Waals surface area (Å²) < 4.78 is 55.2. The lowest BCUT2D eigenvalue weighted by Gasteiger charge is -2.29. The number of rotatable bonds is 14. The Labute approximate surface area is 234 Å². The Morgan fingerprint density at radius 3 is 2.33 bits per heavy atom. The molecule has 3 aromatic rings. The van der Waals surface area contributed by atoms with Gasteiger partial charge in [0.15, 0.2) is 0 Å². The summed E-state index contributed by atoms with van der Waals surface area (Å²) in [6.45, 7) is 2.56. The van der Waals surface area contributed by atoms with Gasteiger partial charge in [-0.15, -0.1) is 0 Å². The molecule has 1 amide bonds. The first kappa shape index (κ1) is 31.3. The van der Waals surface area contributed by atoms with Crippen LogP contribution in [0.5, 0.6) is 0 Å². The van der Waals surface area contributed by atoms with Gasteiger partial charge in [0.1, 0.15) is 11.6 Å². The van der Waals surface area contributed by atoms with Crippen molar-refractivity contribution in [1.29, 1.82) is 0 Å². The first-order valence-electron chi connectivity index (χ1n) is 13.0. The number of nitrogens with zero attached hydrogens (tertiary/aromatic N) is 1. The molecule has 40 heavy (non-hydrogen) atoms. The first-order chi connectivity index (χ1) is 19.0. The van der Waals surface area contributed by atoms with Gasteiger partial charge < -0.3 is 21.1 Å². The molecule has 0 aliphatic heterocycles. The molecule has 0 heterocycles. The van der Waals surface area contributed by atoms with Crippen LogP contribution < -0.4 is 15.8 Å². The average molecular weight is 575 g/mol. The summed E-state index contributed by atoms with van der Waals surface area (Å²) in [5, 5.41) is 13.8. The lowest BCUT2D eigenvalue weighted by molar-refractivity contribution is 0.0554. The lowest BCUT2D eigenvalue weighted by atomic mass is 10.0. The predicted octanol–water partition coefficient (Wildman–Crippen LogP) is 2.60. The molecule has 0 radical (unpaired) electrons. The molecule has 0 saturated heterocycles. The van der Waals surface area contributed by atoms with Gasteiger partial charge in [0.25, 0.3) is 5.91 Å². The highest BCUT2D eigenvalue weighted by Crippen LogP contribution is 2.18. The van der Waals surface area contributed by atoms with Crippen LogP contribution in [0.1, 0.15) is 34.0 Å².